The summed E-state index contributed by atoms with van der Waals surface area (Å²) in [7, 11) is -3.87. The van der Waals surface area contributed by atoms with Gasteiger partial charge in [0.2, 0.25) is 10.0 Å². The molecule has 1 aromatic rings. The van der Waals surface area contributed by atoms with E-state index in [2.05, 4.69) is 0 Å². The summed E-state index contributed by atoms with van der Waals surface area (Å²) in [6.45, 7) is 0. The van der Waals surface area contributed by atoms with Crippen LogP contribution in [0.2, 0.25) is 5.02 Å². The lowest BCUT2D eigenvalue weighted by atomic mass is 10.3. The largest absolute Gasteiger partial charge is 0.287 e. The van der Waals surface area contributed by atoms with Gasteiger partial charge in [-0.1, -0.05) is 11.6 Å². The van der Waals surface area contributed by atoms with Crippen molar-refractivity contribution < 1.29 is 13.3 Å². The van der Waals surface area contributed by atoms with E-state index in [0.29, 0.717) is 0 Å². The zero-order valence-corrected chi connectivity index (χ0v) is 8.25. The number of nitro groups is 1. The minimum absolute atomic E-state index is 0.256. The quantitative estimate of drug-likeness (QED) is 0.608. The molecule has 0 heterocycles. The van der Waals surface area contributed by atoms with Gasteiger partial charge in [0.15, 0.2) is 0 Å². The molecular formula is C6H5ClN2O4S. The van der Waals surface area contributed by atoms with Crippen molar-refractivity contribution in [2.45, 2.75) is 4.90 Å². The SMILES string of the molecule is NS(=O)(=O)c1ccc([N+](=O)[O-])c(Cl)c1. The molecule has 0 saturated heterocycles. The summed E-state index contributed by atoms with van der Waals surface area (Å²) < 4.78 is 21.6. The van der Waals surface area contributed by atoms with Gasteiger partial charge in [0.05, 0.1) is 9.82 Å². The molecule has 1 aromatic carbocycles. The Morgan fingerprint density at radius 1 is 1.43 bits per heavy atom. The average Bonchev–Trinajstić information content (AvgIpc) is 2.01. The third kappa shape index (κ3) is 2.19. The van der Waals surface area contributed by atoms with Gasteiger partial charge in [0.1, 0.15) is 5.02 Å². The van der Waals surface area contributed by atoms with Crippen molar-refractivity contribution in [3.8, 4) is 0 Å². The van der Waals surface area contributed by atoms with Gasteiger partial charge < -0.3 is 0 Å². The summed E-state index contributed by atoms with van der Waals surface area (Å²) in [6.07, 6.45) is 0. The number of primary sulfonamides is 1. The van der Waals surface area contributed by atoms with Gasteiger partial charge in [0, 0.05) is 6.07 Å². The number of nitrogens with zero attached hydrogens (tertiary/aromatic N) is 1. The maximum atomic E-state index is 10.8. The summed E-state index contributed by atoms with van der Waals surface area (Å²) in [6, 6.07) is 2.95. The molecule has 0 aliphatic rings. The second kappa shape index (κ2) is 3.52. The van der Waals surface area contributed by atoms with E-state index < -0.39 is 14.9 Å². The predicted octanol–water partition coefficient (Wildman–Crippen LogP) is 0.896. The molecule has 8 heteroatoms. The Balaban J connectivity index is 3.34. The Morgan fingerprint density at radius 3 is 2.36 bits per heavy atom. The molecule has 14 heavy (non-hydrogen) atoms. The summed E-state index contributed by atoms with van der Waals surface area (Å²) >= 11 is 5.47. The predicted molar refractivity (Wildman–Crippen MR) is 49.5 cm³/mol. The molecule has 0 spiro atoms. The minimum Gasteiger partial charge on any atom is -0.258 e. The van der Waals surface area contributed by atoms with E-state index in [4.69, 9.17) is 16.7 Å². The first-order chi connectivity index (χ1) is 6.32. The van der Waals surface area contributed by atoms with Crippen molar-refractivity contribution >= 4 is 27.3 Å². The maximum Gasteiger partial charge on any atom is 0.287 e. The number of hydrogen-bond donors (Lipinski definition) is 1. The van der Waals surface area contributed by atoms with Crippen molar-refractivity contribution in [1.82, 2.24) is 0 Å². The Bertz CT molecular complexity index is 485. The second-order valence-electron chi connectivity index (χ2n) is 2.42. The van der Waals surface area contributed by atoms with E-state index in [-0.39, 0.29) is 15.6 Å². The molecule has 6 nitrogen and oxygen atoms in total. The summed E-state index contributed by atoms with van der Waals surface area (Å²) in [5.41, 5.74) is -0.362. The lowest BCUT2D eigenvalue weighted by molar-refractivity contribution is -0.384. The molecule has 2 N–H and O–H groups in total. The van der Waals surface area contributed by atoms with Crippen molar-refractivity contribution in [1.29, 1.82) is 0 Å². The van der Waals surface area contributed by atoms with Gasteiger partial charge in [-0.25, -0.2) is 13.6 Å². The lowest BCUT2D eigenvalue weighted by Crippen LogP contribution is -2.12. The second-order valence-corrected chi connectivity index (χ2v) is 4.38. The van der Waals surface area contributed by atoms with Crippen LogP contribution in [-0.4, -0.2) is 13.3 Å². The first kappa shape index (κ1) is 10.9. The normalized spacial score (nSPS) is 11.3. The van der Waals surface area contributed by atoms with Gasteiger partial charge in [-0.2, -0.15) is 0 Å². The van der Waals surface area contributed by atoms with E-state index in [1.54, 1.807) is 0 Å². The molecule has 0 saturated carbocycles. The highest BCUT2D eigenvalue weighted by molar-refractivity contribution is 7.89. The highest BCUT2D eigenvalue weighted by Crippen LogP contribution is 2.26. The first-order valence-electron chi connectivity index (χ1n) is 3.29. The number of hydrogen-bond acceptors (Lipinski definition) is 4. The summed E-state index contributed by atoms with van der Waals surface area (Å²) in [5.74, 6) is 0. The van der Waals surface area contributed by atoms with Gasteiger partial charge in [-0.3, -0.25) is 10.1 Å². The van der Waals surface area contributed by atoms with Crippen LogP contribution in [0.4, 0.5) is 5.69 Å². The summed E-state index contributed by atoms with van der Waals surface area (Å²) in [4.78, 5) is 9.35. The van der Waals surface area contributed by atoms with Crippen molar-refractivity contribution in [3.63, 3.8) is 0 Å². The topological polar surface area (TPSA) is 103 Å². The number of rotatable bonds is 2. The minimum atomic E-state index is -3.87. The number of benzene rings is 1. The molecular weight excluding hydrogens is 232 g/mol. The van der Waals surface area contributed by atoms with Gasteiger partial charge in [-0.05, 0) is 12.1 Å². The van der Waals surface area contributed by atoms with E-state index >= 15 is 0 Å². The third-order valence-corrected chi connectivity index (χ3v) is 2.66. The Hall–Kier alpha value is -1.18. The monoisotopic (exact) mass is 236 g/mol. The molecule has 0 unspecified atom stereocenters. The molecule has 0 aliphatic carbocycles. The van der Waals surface area contributed by atoms with Crippen molar-refractivity contribution in [2.75, 3.05) is 0 Å². The molecule has 0 atom stereocenters. The summed E-state index contributed by atoms with van der Waals surface area (Å²) in [5, 5.41) is 14.9. The molecule has 0 amide bonds. The van der Waals surface area contributed by atoms with Crippen LogP contribution in [0, 0.1) is 10.1 Å². The first-order valence-corrected chi connectivity index (χ1v) is 5.21. The van der Waals surface area contributed by atoms with Crippen LogP contribution >= 0.6 is 11.6 Å². The van der Waals surface area contributed by atoms with Crippen LogP contribution in [0.25, 0.3) is 0 Å². The molecule has 0 aromatic heterocycles. The molecule has 0 bridgehead atoms. The number of nitro benzene ring substituents is 1. The zero-order chi connectivity index (χ0) is 10.9. The number of sulfonamides is 1. The molecule has 1 rings (SSSR count). The highest BCUT2D eigenvalue weighted by Gasteiger charge is 2.16. The van der Waals surface area contributed by atoms with Crippen LogP contribution in [0.15, 0.2) is 23.1 Å². The fourth-order valence-electron chi connectivity index (χ4n) is 0.813. The van der Waals surface area contributed by atoms with Gasteiger partial charge >= 0.3 is 0 Å². The standard InChI is InChI=1S/C6H5ClN2O4S/c7-5-3-4(14(8,12)13)1-2-6(5)9(10)11/h1-3H,(H2,8,12,13). The van der Waals surface area contributed by atoms with E-state index in [1.807, 2.05) is 0 Å². The van der Waals surface area contributed by atoms with Crippen LogP contribution in [0.1, 0.15) is 0 Å². The fourth-order valence-corrected chi connectivity index (χ4v) is 1.67. The molecule has 76 valence electrons. The van der Waals surface area contributed by atoms with Crippen LogP contribution in [-0.2, 0) is 10.0 Å². The zero-order valence-electron chi connectivity index (χ0n) is 6.68. The van der Waals surface area contributed by atoms with E-state index in [1.165, 1.54) is 0 Å². The Labute approximate surface area is 84.5 Å². The third-order valence-electron chi connectivity index (χ3n) is 1.44. The average molecular weight is 237 g/mol. The molecule has 0 aliphatic heterocycles. The smallest absolute Gasteiger partial charge is 0.258 e. The lowest BCUT2D eigenvalue weighted by Gasteiger charge is -1.98. The Kier molecular flexibility index (Phi) is 2.74. The van der Waals surface area contributed by atoms with Crippen LogP contribution in [0.5, 0.6) is 0 Å². The van der Waals surface area contributed by atoms with Crippen molar-refractivity contribution in [3.05, 3.63) is 33.3 Å². The fraction of sp³-hybridized carbons (Fsp3) is 0. The van der Waals surface area contributed by atoms with Gasteiger partial charge in [-0.15, -0.1) is 0 Å². The van der Waals surface area contributed by atoms with E-state index in [0.717, 1.165) is 18.2 Å². The van der Waals surface area contributed by atoms with Crippen LogP contribution in [0.3, 0.4) is 0 Å². The number of halogens is 1. The highest BCUT2D eigenvalue weighted by atomic mass is 35.5. The maximum absolute atomic E-state index is 10.8. The van der Waals surface area contributed by atoms with Crippen molar-refractivity contribution in [2.24, 2.45) is 5.14 Å². The molecule has 0 fully saturated rings. The number of nitrogens with two attached hydrogens (primary N) is 1. The molecule has 0 radical (unpaired) electrons. The Morgan fingerprint density at radius 2 is 2.00 bits per heavy atom. The van der Waals surface area contributed by atoms with Gasteiger partial charge in [0.25, 0.3) is 5.69 Å². The van der Waals surface area contributed by atoms with Crippen LogP contribution < -0.4 is 5.14 Å². The van der Waals surface area contributed by atoms with E-state index in [9.17, 15) is 18.5 Å².